The van der Waals surface area contributed by atoms with E-state index in [9.17, 15) is 26.8 Å². The van der Waals surface area contributed by atoms with Crippen LogP contribution in [0.4, 0.5) is 14.5 Å². The normalized spacial score (nSPS) is 14.2. The number of anilines is 1. The van der Waals surface area contributed by atoms with Gasteiger partial charge in [0.1, 0.15) is 0 Å². The molecular weight excluding hydrogens is 438 g/mol. The van der Waals surface area contributed by atoms with Crippen LogP contribution in [-0.4, -0.2) is 39.7 Å². The van der Waals surface area contributed by atoms with Crippen molar-refractivity contribution >= 4 is 27.6 Å². The molecule has 0 saturated heterocycles. The van der Waals surface area contributed by atoms with Crippen LogP contribution in [0.2, 0.25) is 0 Å². The predicted octanol–water partition coefficient (Wildman–Crippen LogP) is 2.41. The second-order valence-electron chi connectivity index (χ2n) is 6.43. The van der Waals surface area contributed by atoms with Gasteiger partial charge >= 0.3 is 12.3 Å². The molecular formula is C19H18F2N2O7S. The summed E-state index contributed by atoms with van der Waals surface area (Å²) < 4.78 is 66.1. The molecule has 3 rings (SSSR count). The Kier molecular flexibility index (Phi) is 6.13. The monoisotopic (exact) mass is 456 g/mol. The lowest BCUT2D eigenvalue weighted by Crippen LogP contribution is -2.26. The second kappa shape index (κ2) is 8.47. The van der Waals surface area contributed by atoms with E-state index in [1.807, 2.05) is 0 Å². The Morgan fingerprint density at radius 2 is 1.81 bits per heavy atom. The minimum atomic E-state index is -3.78. The molecule has 9 nitrogen and oxygen atoms in total. The van der Waals surface area contributed by atoms with E-state index in [-0.39, 0.29) is 34.2 Å². The highest BCUT2D eigenvalue weighted by atomic mass is 32.2. The van der Waals surface area contributed by atoms with Gasteiger partial charge < -0.3 is 19.5 Å². The maximum atomic E-state index is 13.0. The van der Waals surface area contributed by atoms with Crippen molar-refractivity contribution in [3.8, 4) is 11.5 Å². The van der Waals surface area contributed by atoms with Gasteiger partial charge in [0.05, 0.1) is 10.5 Å². The maximum absolute atomic E-state index is 13.0. The zero-order valence-electron chi connectivity index (χ0n) is 16.4. The number of sulfonamides is 1. The van der Waals surface area contributed by atoms with E-state index in [0.717, 1.165) is 12.1 Å². The molecule has 166 valence electrons. The smallest absolute Gasteiger partial charge is 0.452 e. The van der Waals surface area contributed by atoms with E-state index in [1.54, 1.807) is 13.8 Å². The van der Waals surface area contributed by atoms with Crippen molar-refractivity contribution in [3.05, 3.63) is 47.5 Å². The molecule has 0 spiro atoms. The van der Waals surface area contributed by atoms with Crippen molar-refractivity contribution in [2.75, 3.05) is 18.5 Å². The molecule has 0 bridgehead atoms. The molecule has 1 aliphatic rings. The molecule has 0 aromatic heterocycles. The van der Waals surface area contributed by atoms with Crippen molar-refractivity contribution in [2.24, 2.45) is 0 Å². The van der Waals surface area contributed by atoms with E-state index < -0.39 is 34.8 Å². The van der Waals surface area contributed by atoms with Crippen LogP contribution in [-0.2, 0) is 19.6 Å². The van der Waals surface area contributed by atoms with Crippen LogP contribution in [0.3, 0.4) is 0 Å². The molecule has 0 unspecified atom stereocenters. The van der Waals surface area contributed by atoms with Crippen LogP contribution in [0.15, 0.2) is 41.3 Å². The molecule has 2 aromatic rings. The Hall–Kier alpha value is -3.25. The number of fused-ring (bicyclic) bond motifs is 1. The number of alkyl halides is 2. The lowest BCUT2D eigenvalue weighted by Gasteiger charge is -2.10. The number of esters is 1. The zero-order valence-corrected chi connectivity index (χ0v) is 17.2. The number of ether oxygens (including phenoxy) is 3. The summed E-state index contributed by atoms with van der Waals surface area (Å²) in [6.45, 7) is 2.69. The minimum absolute atomic E-state index is 0.0166. The number of benzene rings is 2. The molecule has 31 heavy (non-hydrogen) atoms. The van der Waals surface area contributed by atoms with E-state index in [0.29, 0.717) is 5.56 Å². The summed E-state index contributed by atoms with van der Waals surface area (Å²) in [6.07, 6.45) is -3.78. The van der Waals surface area contributed by atoms with Gasteiger partial charge in [-0.2, -0.15) is 0 Å². The highest BCUT2D eigenvalue weighted by Crippen LogP contribution is 2.42. The van der Waals surface area contributed by atoms with Crippen LogP contribution in [0.1, 0.15) is 22.8 Å². The Morgan fingerprint density at radius 3 is 2.52 bits per heavy atom. The predicted molar refractivity (Wildman–Crippen MR) is 104 cm³/mol. The summed E-state index contributed by atoms with van der Waals surface area (Å²) in [7, 11) is -3.78. The molecule has 1 aliphatic heterocycles. The summed E-state index contributed by atoms with van der Waals surface area (Å²) in [5.41, 5.74) is 0.561. The van der Waals surface area contributed by atoms with Crippen molar-refractivity contribution < 1.29 is 41.0 Å². The molecule has 1 amide bonds. The SMILES string of the molecule is CCNS(=O)(=O)c1ccc(C)c(C(=O)OCC(=O)Nc2ccc3c(c2)OC(F)(F)O3)c1. The number of carbonyl (C=O) groups is 2. The summed E-state index contributed by atoms with van der Waals surface area (Å²) in [5, 5.41) is 2.37. The molecule has 0 radical (unpaired) electrons. The maximum Gasteiger partial charge on any atom is 0.586 e. The molecule has 0 fully saturated rings. The van der Waals surface area contributed by atoms with Crippen LogP contribution >= 0.6 is 0 Å². The van der Waals surface area contributed by atoms with Gasteiger partial charge in [-0.25, -0.2) is 17.9 Å². The minimum Gasteiger partial charge on any atom is -0.452 e. The molecule has 1 heterocycles. The first kappa shape index (κ1) is 22.4. The number of halogens is 2. The largest absolute Gasteiger partial charge is 0.586 e. The molecule has 0 aliphatic carbocycles. The number of aryl methyl sites for hydroxylation is 1. The van der Waals surface area contributed by atoms with Crippen molar-refractivity contribution in [1.82, 2.24) is 4.72 Å². The standard InChI is InChI=1S/C19H18F2N2O7S/c1-3-22-31(26,27)13-6-4-11(2)14(9-13)18(25)28-10-17(24)23-12-5-7-15-16(8-12)30-19(20,21)29-15/h4-9,22H,3,10H2,1-2H3,(H,23,24). The van der Waals surface area contributed by atoms with Crippen LogP contribution < -0.4 is 19.5 Å². The van der Waals surface area contributed by atoms with E-state index in [4.69, 9.17) is 4.74 Å². The van der Waals surface area contributed by atoms with Crippen LogP contribution in [0.5, 0.6) is 11.5 Å². The van der Waals surface area contributed by atoms with Crippen LogP contribution in [0.25, 0.3) is 0 Å². The summed E-state index contributed by atoms with van der Waals surface area (Å²) >= 11 is 0. The van der Waals surface area contributed by atoms with E-state index in [1.165, 1.54) is 24.3 Å². The van der Waals surface area contributed by atoms with Gasteiger partial charge in [0.2, 0.25) is 10.0 Å². The topological polar surface area (TPSA) is 120 Å². The van der Waals surface area contributed by atoms with E-state index in [2.05, 4.69) is 19.5 Å². The third kappa shape index (κ3) is 5.27. The molecule has 2 N–H and O–H groups in total. The first-order chi connectivity index (χ1) is 14.5. The number of rotatable bonds is 7. The van der Waals surface area contributed by atoms with Crippen LogP contribution in [0, 0.1) is 6.92 Å². The molecule has 12 heteroatoms. The average molecular weight is 456 g/mol. The fraction of sp³-hybridized carbons (Fsp3) is 0.263. The average Bonchev–Trinajstić information content (AvgIpc) is 2.99. The number of amides is 1. The van der Waals surface area contributed by atoms with Crippen molar-refractivity contribution in [2.45, 2.75) is 25.0 Å². The fourth-order valence-electron chi connectivity index (χ4n) is 2.69. The highest BCUT2D eigenvalue weighted by Gasteiger charge is 2.43. The zero-order chi connectivity index (χ0) is 22.8. The quantitative estimate of drug-likeness (QED) is 0.614. The highest BCUT2D eigenvalue weighted by molar-refractivity contribution is 7.89. The van der Waals surface area contributed by atoms with Gasteiger partial charge in [0.15, 0.2) is 18.1 Å². The van der Waals surface area contributed by atoms with Crippen molar-refractivity contribution in [3.63, 3.8) is 0 Å². The van der Waals surface area contributed by atoms with Gasteiger partial charge in [-0.05, 0) is 36.8 Å². The number of nitrogens with one attached hydrogen (secondary N) is 2. The van der Waals surface area contributed by atoms with Gasteiger partial charge in [0.25, 0.3) is 5.91 Å². The summed E-state index contributed by atoms with van der Waals surface area (Å²) in [5.74, 6) is -2.08. The van der Waals surface area contributed by atoms with Gasteiger partial charge in [0, 0.05) is 18.3 Å². The number of hydrogen-bond acceptors (Lipinski definition) is 7. The Morgan fingerprint density at radius 1 is 1.10 bits per heavy atom. The van der Waals surface area contributed by atoms with Gasteiger partial charge in [-0.3, -0.25) is 4.79 Å². The third-order valence-corrected chi connectivity index (χ3v) is 5.64. The second-order valence-corrected chi connectivity index (χ2v) is 8.20. The fourth-order valence-corrected chi connectivity index (χ4v) is 3.76. The Balaban J connectivity index is 1.63. The Bertz CT molecular complexity index is 1140. The van der Waals surface area contributed by atoms with Gasteiger partial charge in [-0.15, -0.1) is 8.78 Å². The third-order valence-electron chi connectivity index (χ3n) is 4.09. The first-order valence-corrected chi connectivity index (χ1v) is 10.5. The molecule has 0 saturated carbocycles. The van der Waals surface area contributed by atoms with Gasteiger partial charge in [-0.1, -0.05) is 13.0 Å². The van der Waals surface area contributed by atoms with E-state index >= 15 is 0 Å². The molecule has 0 atom stereocenters. The Labute approximate surface area is 176 Å². The number of carbonyl (C=O) groups excluding carboxylic acids is 2. The summed E-state index contributed by atoms with van der Waals surface area (Å²) in [4.78, 5) is 24.3. The first-order valence-electron chi connectivity index (χ1n) is 8.98. The lowest BCUT2D eigenvalue weighted by atomic mass is 10.1. The van der Waals surface area contributed by atoms with Crippen molar-refractivity contribution in [1.29, 1.82) is 0 Å². The summed E-state index contributed by atoms with van der Waals surface area (Å²) in [6, 6.07) is 7.59. The lowest BCUT2D eigenvalue weighted by molar-refractivity contribution is -0.286. The number of hydrogen-bond donors (Lipinski definition) is 2. The molecule has 2 aromatic carbocycles.